The fourth-order valence-corrected chi connectivity index (χ4v) is 3.59. The lowest BCUT2D eigenvalue weighted by Gasteiger charge is -2.25. The number of alkyl halides is 1. The lowest BCUT2D eigenvalue weighted by molar-refractivity contribution is -0.142. The van der Waals surface area contributed by atoms with Crippen LogP contribution in [0, 0.1) is 5.82 Å². The molecule has 0 spiro atoms. The smallest absolute Gasteiger partial charge is 0.320 e. The number of aryl methyl sites for hydroxylation is 1. The van der Waals surface area contributed by atoms with Crippen molar-refractivity contribution >= 4 is 46.0 Å². The van der Waals surface area contributed by atoms with E-state index in [1.807, 2.05) is 0 Å². The van der Waals surface area contributed by atoms with E-state index in [9.17, 15) is 14.0 Å². The molecule has 1 N–H and O–H groups in total. The molecule has 3 aromatic rings. The maximum Gasteiger partial charge on any atom is 0.320 e. The number of rotatable bonds is 7. The van der Waals surface area contributed by atoms with Crippen LogP contribution in [0.4, 0.5) is 4.39 Å². The average molecular weight is 482 g/mol. The third-order valence-electron chi connectivity index (χ3n) is 4.76. The number of esters is 1. The van der Waals surface area contributed by atoms with Crippen molar-refractivity contribution in [3.63, 3.8) is 0 Å². The first-order chi connectivity index (χ1) is 15.1. The first kappa shape index (κ1) is 23.8. The number of nitrogens with one attached hydrogen (secondary N) is 1. The predicted octanol–water partition coefficient (Wildman–Crippen LogP) is 4.33. The zero-order chi connectivity index (χ0) is 23.6. The summed E-state index contributed by atoms with van der Waals surface area (Å²) in [5, 5.41) is 7.92. The second-order valence-corrected chi connectivity index (χ2v) is 8.48. The van der Waals surface area contributed by atoms with Crippen molar-refractivity contribution in [2.45, 2.75) is 19.4 Å². The van der Waals surface area contributed by atoms with Crippen LogP contribution in [-0.2, 0) is 16.6 Å². The van der Waals surface area contributed by atoms with Crippen LogP contribution in [0.15, 0.2) is 30.3 Å². The number of fused-ring (bicyclic) bond motifs is 1. The highest BCUT2D eigenvalue weighted by Gasteiger charge is 2.26. The molecule has 0 radical (unpaired) electrons. The summed E-state index contributed by atoms with van der Waals surface area (Å²) in [6, 6.07) is 8.23. The summed E-state index contributed by atoms with van der Waals surface area (Å²) in [6.07, 6.45) is 0. The second kappa shape index (κ2) is 9.34. The van der Waals surface area contributed by atoms with E-state index in [2.05, 4.69) is 10.4 Å². The third kappa shape index (κ3) is 4.97. The lowest BCUT2D eigenvalue weighted by Crippen LogP contribution is -2.47. The first-order valence-electron chi connectivity index (χ1n) is 9.60. The van der Waals surface area contributed by atoms with Gasteiger partial charge in [-0.2, -0.15) is 5.10 Å². The van der Waals surface area contributed by atoms with Crippen LogP contribution in [-0.4, -0.2) is 46.8 Å². The first-order valence-corrected chi connectivity index (χ1v) is 10.5. The number of hydrogen-bond acceptors (Lipinski definition) is 5. The molecule has 0 aliphatic heterocycles. The van der Waals surface area contributed by atoms with Crippen molar-refractivity contribution in [1.82, 2.24) is 15.1 Å². The van der Waals surface area contributed by atoms with Gasteiger partial charge in [0, 0.05) is 12.4 Å². The molecule has 0 unspecified atom stereocenters. The summed E-state index contributed by atoms with van der Waals surface area (Å²) in [5.74, 6) is -1.85. The summed E-state index contributed by atoms with van der Waals surface area (Å²) in [5.41, 5.74) is 1.31. The summed E-state index contributed by atoms with van der Waals surface area (Å²) < 4.78 is 25.8. The summed E-state index contributed by atoms with van der Waals surface area (Å²) in [7, 11) is 3.05. The van der Waals surface area contributed by atoms with Crippen LogP contribution in [0.3, 0.4) is 0 Å². The van der Waals surface area contributed by atoms with E-state index in [1.165, 1.54) is 13.2 Å². The Morgan fingerprint density at radius 1 is 1.22 bits per heavy atom. The number of hydrogen-bond donors (Lipinski definition) is 1. The Balaban J connectivity index is 1.90. The van der Waals surface area contributed by atoms with Gasteiger partial charge in [0.25, 0.3) is 5.91 Å². The van der Waals surface area contributed by atoms with Crippen molar-refractivity contribution in [3.8, 4) is 16.9 Å². The Kier molecular flexibility index (Phi) is 6.95. The van der Waals surface area contributed by atoms with Gasteiger partial charge in [-0.3, -0.25) is 14.3 Å². The molecule has 1 heterocycles. The van der Waals surface area contributed by atoms with Crippen LogP contribution in [0.25, 0.3) is 22.0 Å². The molecule has 0 aliphatic carbocycles. The van der Waals surface area contributed by atoms with Gasteiger partial charge < -0.3 is 14.8 Å². The van der Waals surface area contributed by atoms with Gasteiger partial charge in [0.05, 0.1) is 23.2 Å². The minimum Gasteiger partial charge on any atom is -0.492 e. The maximum atomic E-state index is 14.3. The topological polar surface area (TPSA) is 82.4 Å². The number of amides is 1. The van der Waals surface area contributed by atoms with Crippen molar-refractivity contribution in [1.29, 1.82) is 0 Å². The molecule has 170 valence electrons. The second-order valence-electron chi connectivity index (χ2n) is 7.81. The Labute approximate surface area is 194 Å². The maximum absolute atomic E-state index is 14.3. The van der Waals surface area contributed by atoms with Crippen LogP contribution < -0.4 is 10.1 Å². The van der Waals surface area contributed by atoms with Crippen molar-refractivity contribution in [3.05, 3.63) is 46.9 Å². The molecular weight excluding hydrogens is 460 g/mol. The number of ether oxygens (including phenoxy) is 2. The number of aromatic nitrogens is 2. The molecule has 0 atom stereocenters. The van der Waals surface area contributed by atoms with Crippen LogP contribution >= 0.6 is 23.2 Å². The monoisotopic (exact) mass is 481 g/mol. The molecule has 1 aromatic heterocycles. The van der Waals surface area contributed by atoms with E-state index in [0.717, 1.165) is 0 Å². The Hall–Kier alpha value is -2.84. The molecule has 0 aliphatic rings. The Morgan fingerprint density at radius 2 is 1.94 bits per heavy atom. The molecule has 7 nitrogen and oxygen atoms in total. The van der Waals surface area contributed by atoms with Gasteiger partial charge in [0.15, 0.2) is 17.3 Å². The number of nitrogens with zero attached hydrogens (tertiary/aromatic N) is 2. The number of halogens is 3. The Morgan fingerprint density at radius 3 is 2.56 bits per heavy atom. The highest BCUT2D eigenvalue weighted by molar-refractivity contribution is 6.32. The highest BCUT2D eigenvalue weighted by atomic mass is 35.5. The molecule has 0 bridgehead atoms. The van der Waals surface area contributed by atoms with Crippen LogP contribution in [0.1, 0.15) is 24.3 Å². The molecule has 3 rings (SSSR count). The van der Waals surface area contributed by atoms with Crippen molar-refractivity contribution in [2.75, 3.05) is 19.6 Å². The molecule has 2 aromatic carbocycles. The highest BCUT2D eigenvalue weighted by Crippen LogP contribution is 2.34. The van der Waals surface area contributed by atoms with Gasteiger partial charge in [-0.05, 0) is 49.2 Å². The molecule has 0 saturated heterocycles. The number of carbonyl (C=O) groups excluding carboxylic acids is 2. The molecule has 1 amide bonds. The van der Waals surface area contributed by atoms with Crippen LogP contribution in [0.2, 0.25) is 5.02 Å². The van der Waals surface area contributed by atoms with Gasteiger partial charge in [0.2, 0.25) is 0 Å². The fourth-order valence-electron chi connectivity index (χ4n) is 3.23. The van der Waals surface area contributed by atoms with Gasteiger partial charge in [0.1, 0.15) is 12.5 Å². The van der Waals surface area contributed by atoms with E-state index >= 15 is 0 Å². The fraction of sp³-hybridized carbons (Fsp3) is 0.318. The average Bonchev–Trinajstić information content (AvgIpc) is 3.07. The zero-order valence-electron chi connectivity index (χ0n) is 18.0. The van der Waals surface area contributed by atoms with Crippen molar-refractivity contribution < 1.29 is 23.5 Å². The summed E-state index contributed by atoms with van der Waals surface area (Å²) in [6.45, 7) is 3.40. The molecule has 0 saturated carbocycles. The standard InChI is InChI=1S/C22H22Cl2FN3O4/c1-22(2,11-32-18(29)10-23)26-21(30)19-14-6-5-12(9-17(14)28(3)27-19)13-7-15(24)20(31-4)16(25)8-13/h5-9H,10-11H2,1-4H3,(H,26,30). The van der Waals surface area contributed by atoms with E-state index in [1.54, 1.807) is 49.8 Å². The van der Waals surface area contributed by atoms with Crippen molar-refractivity contribution in [2.24, 2.45) is 7.05 Å². The largest absolute Gasteiger partial charge is 0.492 e. The van der Waals surface area contributed by atoms with E-state index in [4.69, 9.17) is 32.7 Å². The van der Waals surface area contributed by atoms with Gasteiger partial charge in [-0.1, -0.05) is 17.7 Å². The zero-order valence-corrected chi connectivity index (χ0v) is 19.5. The quantitative estimate of drug-likeness (QED) is 0.401. The summed E-state index contributed by atoms with van der Waals surface area (Å²) >= 11 is 11.6. The lowest BCUT2D eigenvalue weighted by atomic mass is 10.0. The minimum atomic E-state index is -0.833. The normalized spacial score (nSPS) is 11.5. The third-order valence-corrected chi connectivity index (χ3v) is 5.26. The number of carbonyl (C=O) groups is 2. The van der Waals surface area contributed by atoms with E-state index in [0.29, 0.717) is 22.0 Å². The van der Waals surface area contributed by atoms with E-state index < -0.39 is 23.2 Å². The molecule has 0 fully saturated rings. The number of methoxy groups -OCH3 is 1. The number of benzene rings is 2. The van der Waals surface area contributed by atoms with Gasteiger partial charge in [-0.25, -0.2) is 4.39 Å². The Bertz CT molecular complexity index is 1170. The minimum absolute atomic E-state index is 0.0182. The van der Waals surface area contributed by atoms with E-state index in [-0.39, 0.29) is 29.0 Å². The molecule has 10 heteroatoms. The molecular formula is C22H22Cl2FN3O4. The van der Waals surface area contributed by atoms with Gasteiger partial charge in [-0.15, -0.1) is 11.6 Å². The summed E-state index contributed by atoms with van der Waals surface area (Å²) in [4.78, 5) is 24.2. The van der Waals surface area contributed by atoms with Gasteiger partial charge >= 0.3 is 5.97 Å². The predicted molar refractivity (Wildman–Crippen MR) is 121 cm³/mol. The molecule has 32 heavy (non-hydrogen) atoms. The van der Waals surface area contributed by atoms with Crippen LogP contribution in [0.5, 0.6) is 5.75 Å². The SMILES string of the molecule is COc1c(F)cc(-c2ccc3c(C(=O)NC(C)(C)COC(=O)CCl)nn(C)c3c2)cc1Cl.